The van der Waals surface area contributed by atoms with Gasteiger partial charge in [-0.05, 0) is 50.5 Å². The van der Waals surface area contributed by atoms with Crippen molar-refractivity contribution < 1.29 is 4.74 Å². The highest BCUT2D eigenvalue weighted by Gasteiger charge is 2.47. The molecule has 0 amide bonds. The summed E-state index contributed by atoms with van der Waals surface area (Å²) in [5.74, 6) is 2.50. The molecule has 0 spiro atoms. The standard InChI is InChI=1S/C15H30N2O/c1-12(2)14-8-15(9-14,11-16)17(3)10-13-4-6-18-7-5-13/h12-14H,4-11,16H2,1-3H3. The number of nitrogens with zero attached hydrogens (tertiary/aromatic N) is 1. The number of nitrogens with two attached hydrogens (primary N) is 1. The van der Waals surface area contributed by atoms with Crippen molar-refractivity contribution in [2.45, 2.75) is 45.1 Å². The third-order valence-electron chi connectivity index (χ3n) is 5.29. The molecule has 1 saturated carbocycles. The van der Waals surface area contributed by atoms with Gasteiger partial charge < -0.3 is 10.5 Å². The molecule has 18 heavy (non-hydrogen) atoms. The highest BCUT2D eigenvalue weighted by atomic mass is 16.5. The number of rotatable bonds is 5. The van der Waals surface area contributed by atoms with Crippen LogP contribution in [0.1, 0.15) is 39.5 Å². The first kappa shape index (κ1) is 14.3. The maximum Gasteiger partial charge on any atom is 0.0469 e. The van der Waals surface area contributed by atoms with Gasteiger partial charge >= 0.3 is 0 Å². The zero-order valence-electron chi connectivity index (χ0n) is 12.3. The average Bonchev–Trinajstić information content (AvgIpc) is 2.29. The molecule has 106 valence electrons. The van der Waals surface area contributed by atoms with Gasteiger partial charge in [-0.15, -0.1) is 0 Å². The number of hydrogen-bond acceptors (Lipinski definition) is 3. The average molecular weight is 254 g/mol. The molecule has 3 nitrogen and oxygen atoms in total. The Bertz CT molecular complexity index is 255. The first-order valence-electron chi connectivity index (χ1n) is 7.56. The molecular formula is C15H30N2O. The lowest BCUT2D eigenvalue weighted by Crippen LogP contribution is -2.62. The Kier molecular flexibility index (Phi) is 4.68. The van der Waals surface area contributed by atoms with Crippen molar-refractivity contribution in [1.82, 2.24) is 4.90 Å². The Morgan fingerprint density at radius 1 is 1.28 bits per heavy atom. The molecule has 0 aromatic heterocycles. The molecule has 2 N–H and O–H groups in total. The smallest absolute Gasteiger partial charge is 0.0469 e. The van der Waals surface area contributed by atoms with Crippen LogP contribution in [0, 0.1) is 17.8 Å². The van der Waals surface area contributed by atoms with Crippen LogP contribution in [-0.2, 0) is 4.74 Å². The van der Waals surface area contributed by atoms with Crippen LogP contribution in [0.2, 0.25) is 0 Å². The molecule has 2 rings (SSSR count). The molecule has 2 fully saturated rings. The van der Waals surface area contributed by atoms with E-state index in [0.29, 0.717) is 5.54 Å². The van der Waals surface area contributed by atoms with Crippen molar-refractivity contribution >= 4 is 0 Å². The van der Waals surface area contributed by atoms with E-state index in [1.54, 1.807) is 0 Å². The third kappa shape index (κ3) is 2.89. The summed E-state index contributed by atoms with van der Waals surface area (Å²) >= 11 is 0. The van der Waals surface area contributed by atoms with Gasteiger partial charge in [0.2, 0.25) is 0 Å². The minimum atomic E-state index is 0.299. The highest BCUT2D eigenvalue weighted by Crippen LogP contribution is 2.45. The van der Waals surface area contributed by atoms with Gasteiger partial charge in [-0.25, -0.2) is 0 Å². The second kappa shape index (κ2) is 5.89. The fraction of sp³-hybridized carbons (Fsp3) is 1.00. The Morgan fingerprint density at radius 3 is 2.39 bits per heavy atom. The lowest BCUT2D eigenvalue weighted by molar-refractivity contribution is -0.0379. The number of ether oxygens (including phenoxy) is 1. The van der Waals surface area contributed by atoms with Crippen molar-refractivity contribution in [3.05, 3.63) is 0 Å². The van der Waals surface area contributed by atoms with Crippen molar-refractivity contribution in [3.63, 3.8) is 0 Å². The molecule has 1 heterocycles. The summed E-state index contributed by atoms with van der Waals surface area (Å²) in [6.45, 7) is 8.58. The van der Waals surface area contributed by atoms with E-state index in [0.717, 1.165) is 37.5 Å². The van der Waals surface area contributed by atoms with Crippen LogP contribution < -0.4 is 5.73 Å². The molecule has 2 aliphatic rings. The van der Waals surface area contributed by atoms with Gasteiger partial charge in [0.05, 0.1) is 0 Å². The molecule has 0 bridgehead atoms. The summed E-state index contributed by atoms with van der Waals surface area (Å²) < 4.78 is 5.44. The third-order valence-corrected chi connectivity index (χ3v) is 5.29. The summed E-state index contributed by atoms with van der Waals surface area (Å²) in [7, 11) is 2.28. The van der Waals surface area contributed by atoms with Crippen molar-refractivity contribution in [2.75, 3.05) is 33.4 Å². The van der Waals surface area contributed by atoms with E-state index in [1.165, 1.54) is 32.2 Å². The van der Waals surface area contributed by atoms with Gasteiger partial charge in [0, 0.05) is 31.8 Å². The van der Waals surface area contributed by atoms with Crippen molar-refractivity contribution in [1.29, 1.82) is 0 Å². The fourth-order valence-corrected chi connectivity index (χ4v) is 3.53. The maximum absolute atomic E-state index is 6.07. The molecular weight excluding hydrogens is 224 g/mol. The molecule has 0 aromatic carbocycles. The van der Waals surface area contributed by atoms with Crippen molar-refractivity contribution in [3.8, 4) is 0 Å². The minimum absolute atomic E-state index is 0.299. The van der Waals surface area contributed by atoms with E-state index in [1.807, 2.05) is 0 Å². The first-order chi connectivity index (χ1) is 8.57. The van der Waals surface area contributed by atoms with Crippen LogP contribution in [0.15, 0.2) is 0 Å². The molecule has 0 atom stereocenters. The Hall–Kier alpha value is -0.120. The molecule has 1 aliphatic carbocycles. The van der Waals surface area contributed by atoms with E-state index >= 15 is 0 Å². The van der Waals surface area contributed by atoms with Crippen molar-refractivity contribution in [2.24, 2.45) is 23.5 Å². The second-order valence-corrected chi connectivity index (χ2v) is 6.78. The second-order valence-electron chi connectivity index (χ2n) is 6.78. The zero-order valence-corrected chi connectivity index (χ0v) is 12.3. The predicted octanol–water partition coefficient (Wildman–Crippen LogP) is 2.11. The molecule has 3 heteroatoms. The van der Waals surface area contributed by atoms with E-state index in [4.69, 9.17) is 10.5 Å². The van der Waals surface area contributed by atoms with E-state index in [9.17, 15) is 0 Å². The Labute approximate surface area is 112 Å². The van der Waals surface area contributed by atoms with Crippen LogP contribution >= 0.6 is 0 Å². The normalized spacial score (nSPS) is 34.0. The molecule has 1 saturated heterocycles. The predicted molar refractivity (Wildman–Crippen MR) is 75.5 cm³/mol. The Balaban J connectivity index is 1.84. The summed E-state index contributed by atoms with van der Waals surface area (Å²) in [6.07, 6.45) is 5.03. The van der Waals surface area contributed by atoms with Crippen LogP contribution in [0.25, 0.3) is 0 Å². The minimum Gasteiger partial charge on any atom is -0.381 e. The lowest BCUT2D eigenvalue weighted by atomic mass is 9.63. The van der Waals surface area contributed by atoms with Crippen LogP contribution in [-0.4, -0.2) is 43.8 Å². The largest absolute Gasteiger partial charge is 0.381 e. The maximum atomic E-state index is 6.07. The Morgan fingerprint density at radius 2 is 1.89 bits per heavy atom. The van der Waals surface area contributed by atoms with Gasteiger partial charge in [-0.3, -0.25) is 4.90 Å². The van der Waals surface area contributed by atoms with Crippen LogP contribution in [0.5, 0.6) is 0 Å². The molecule has 0 unspecified atom stereocenters. The first-order valence-corrected chi connectivity index (χ1v) is 7.56. The van der Waals surface area contributed by atoms with Gasteiger partial charge in [0.1, 0.15) is 0 Å². The number of hydrogen-bond donors (Lipinski definition) is 1. The van der Waals surface area contributed by atoms with Crippen LogP contribution in [0.4, 0.5) is 0 Å². The summed E-state index contributed by atoms with van der Waals surface area (Å²) in [6, 6.07) is 0. The van der Waals surface area contributed by atoms with Gasteiger partial charge in [-0.2, -0.15) is 0 Å². The highest BCUT2D eigenvalue weighted by molar-refractivity contribution is 5.03. The molecule has 0 aromatic rings. The van der Waals surface area contributed by atoms with E-state index < -0.39 is 0 Å². The number of likely N-dealkylation sites (N-methyl/N-ethyl adjacent to an activating group) is 1. The van der Waals surface area contributed by atoms with E-state index in [2.05, 4.69) is 25.8 Å². The quantitative estimate of drug-likeness (QED) is 0.816. The molecule has 0 radical (unpaired) electrons. The summed E-state index contributed by atoms with van der Waals surface area (Å²) in [4.78, 5) is 2.56. The van der Waals surface area contributed by atoms with E-state index in [-0.39, 0.29) is 0 Å². The van der Waals surface area contributed by atoms with Gasteiger partial charge in [0.25, 0.3) is 0 Å². The van der Waals surface area contributed by atoms with Gasteiger partial charge in [0.15, 0.2) is 0 Å². The molecule has 1 aliphatic heterocycles. The summed E-state index contributed by atoms with van der Waals surface area (Å²) in [5, 5.41) is 0. The summed E-state index contributed by atoms with van der Waals surface area (Å²) in [5.41, 5.74) is 6.37. The SMILES string of the molecule is CC(C)C1CC(CN)(N(C)CC2CCOCC2)C1. The topological polar surface area (TPSA) is 38.5 Å². The van der Waals surface area contributed by atoms with Gasteiger partial charge in [-0.1, -0.05) is 13.8 Å². The lowest BCUT2D eigenvalue weighted by Gasteiger charge is -2.55. The zero-order chi connectivity index (χ0) is 13.2. The monoisotopic (exact) mass is 254 g/mol. The fourth-order valence-electron chi connectivity index (χ4n) is 3.53. The van der Waals surface area contributed by atoms with Crippen LogP contribution in [0.3, 0.4) is 0 Å².